The number of fused-ring (bicyclic) bond motifs is 1. The van der Waals surface area contributed by atoms with Gasteiger partial charge in [0.15, 0.2) is 0 Å². The summed E-state index contributed by atoms with van der Waals surface area (Å²) >= 11 is 0. The summed E-state index contributed by atoms with van der Waals surface area (Å²) in [4.78, 5) is 21.1. The van der Waals surface area contributed by atoms with Crippen molar-refractivity contribution >= 4 is 22.4 Å². The van der Waals surface area contributed by atoms with Gasteiger partial charge in [0, 0.05) is 31.0 Å². The number of halogens is 1. The Balaban J connectivity index is 1.84. The topological polar surface area (TPSA) is 90.8 Å². The summed E-state index contributed by atoms with van der Waals surface area (Å²) < 4.78 is 16.8. The van der Waals surface area contributed by atoms with Gasteiger partial charge in [-0.3, -0.25) is 19.1 Å². The smallest absolute Gasteiger partial charge is 0.329 e. The summed E-state index contributed by atoms with van der Waals surface area (Å²) in [6.07, 6.45) is 4.91. The van der Waals surface area contributed by atoms with Crippen LogP contribution in [-0.2, 0) is 13.6 Å². The number of rotatable bonds is 6. The van der Waals surface area contributed by atoms with Crippen molar-refractivity contribution in [2.24, 2.45) is 12.8 Å². The second-order valence-corrected chi connectivity index (χ2v) is 7.85. The molecule has 2 aromatic carbocycles. The standard InChI is InChI=1S/C24H25FN6O/c1-15(2)31-20-9-6-17(12-21(20)30(3)24(31)32)23(29-14-19-13-27-10-11-28-19)22(26)16-4-7-18(25)8-5-16/h4-13,15,29H,14,26H2,1-3H3/b23-22-. The van der Waals surface area contributed by atoms with Gasteiger partial charge < -0.3 is 11.1 Å². The van der Waals surface area contributed by atoms with Crippen molar-refractivity contribution in [3.63, 3.8) is 0 Å². The van der Waals surface area contributed by atoms with Gasteiger partial charge in [0.05, 0.1) is 40.9 Å². The Morgan fingerprint density at radius 2 is 1.81 bits per heavy atom. The lowest BCUT2D eigenvalue weighted by Crippen LogP contribution is -2.23. The highest BCUT2D eigenvalue weighted by molar-refractivity contribution is 5.91. The maximum absolute atomic E-state index is 13.4. The number of hydrogen-bond acceptors (Lipinski definition) is 5. The fourth-order valence-electron chi connectivity index (χ4n) is 3.74. The van der Waals surface area contributed by atoms with Crippen LogP contribution in [0.15, 0.2) is 65.8 Å². The minimum absolute atomic E-state index is 0.0335. The maximum Gasteiger partial charge on any atom is 0.329 e. The fraction of sp³-hybridized carbons (Fsp3) is 0.208. The van der Waals surface area contributed by atoms with Crippen molar-refractivity contribution < 1.29 is 4.39 Å². The van der Waals surface area contributed by atoms with E-state index in [2.05, 4.69) is 15.3 Å². The monoisotopic (exact) mass is 432 g/mol. The highest BCUT2D eigenvalue weighted by Crippen LogP contribution is 2.25. The highest BCUT2D eigenvalue weighted by atomic mass is 19.1. The van der Waals surface area contributed by atoms with Crippen LogP contribution >= 0.6 is 0 Å². The third-order valence-electron chi connectivity index (χ3n) is 5.38. The molecule has 0 amide bonds. The van der Waals surface area contributed by atoms with Gasteiger partial charge in [-0.15, -0.1) is 0 Å². The Morgan fingerprint density at radius 1 is 1.09 bits per heavy atom. The number of nitrogens with zero attached hydrogens (tertiary/aromatic N) is 4. The lowest BCUT2D eigenvalue weighted by Gasteiger charge is -2.16. The first-order valence-electron chi connectivity index (χ1n) is 10.3. The third-order valence-corrected chi connectivity index (χ3v) is 5.38. The number of nitrogens with one attached hydrogen (secondary N) is 1. The van der Waals surface area contributed by atoms with E-state index in [9.17, 15) is 9.18 Å². The van der Waals surface area contributed by atoms with Crippen molar-refractivity contribution in [3.8, 4) is 0 Å². The summed E-state index contributed by atoms with van der Waals surface area (Å²) in [5.41, 5.74) is 11.5. The van der Waals surface area contributed by atoms with Crippen LogP contribution in [0.4, 0.5) is 4.39 Å². The van der Waals surface area contributed by atoms with Crippen molar-refractivity contribution in [1.82, 2.24) is 24.4 Å². The van der Waals surface area contributed by atoms with Gasteiger partial charge in [-0.2, -0.15) is 0 Å². The molecule has 4 aromatic rings. The molecule has 0 aliphatic heterocycles. The van der Waals surface area contributed by atoms with Crippen LogP contribution in [0.1, 0.15) is 36.7 Å². The zero-order chi connectivity index (χ0) is 22.8. The van der Waals surface area contributed by atoms with Crippen LogP contribution in [0.2, 0.25) is 0 Å². The molecule has 8 heteroatoms. The van der Waals surface area contributed by atoms with E-state index in [0.717, 1.165) is 22.3 Å². The van der Waals surface area contributed by atoms with E-state index < -0.39 is 0 Å². The molecule has 0 bridgehead atoms. The van der Waals surface area contributed by atoms with Gasteiger partial charge in [-0.1, -0.05) is 6.07 Å². The van der Waals surface area contributed by atoms with Gasteiger partial charge in [0.2, 0.25) is 0 Å². The zero-order valence-electron chi connectivity index (χ0n) is 18.2. The predicted octanol–water partition coefficient (Wildman–Crippen LogP) is 3.42. The van der Waals surface area contributed by atoms with Crippen LogP contribution in [0, 0.1) is 5.82 Å². The largest absolute Gasteiger partial charge is 0.397 e. The fourth-order valence-corrected chi connectivity index (χ4v) is 3.74. The minimum Gasteiger partial charge on any atom is -0.397 e. The van der Waals surface area contributed by atoms with E-state index in [4.69, 9.17) is 5.73 Å². The Morgan fingerprint density at radius 3 is 2.47 bits per heavy atom. The first-order chi connectivity index (χ1) is 15.4. The number of benzene rings is 2. The Bertz CT molecular complexity index is 1340. The Hall–Kier alpha value is -3.94. The van der Waals surface area contributed by atoms with E-state index in [1.54, 1.807) is 46.9 Å². The molecule has 0 aliphatic rings. The first kappa shape index (κ1) is 21.3. The molecule has 2 heterocycles. The van der Waals surface area contributed by atoms with Crippen molar-refractivity contribution in [3.05, 3.63) is 94.2 Å². The van der Waals surface area contributed by atoms with Gasteiger partial charge >= 0.3 is 5.69 Å². The lowest BCUT2D eigenvalue weighted by atomic mass is 10.0. The van der Waals surface area contributed by atoms with Crippen molar-refractivity contribution in [1.29, 1.82) is 0 Å². The Labute approximate surface area is 185 Å². The molecule has 0 saturated carbocycles. The van der Waals surface area contributed by atoms with E-state index >= 15 is 0 Å². The molecule has 4 rings (SSSR count). The molecular weight excluding hydrogens is 407 g/mol. The summed E-state index contributed by atoms with van der Waals surface area (Å²) in [7, 11) is 1.76. The average Bonchev–Trinajstić information content (AvgIpc) is 3.05. The molecule has 0 atom stereocenters. The number of aromatic nitrogens is 4. The molecule has 3 N–H and O–H groups in total. The van der Waals surface area contributed by atoms with Crippen LogP contribution in [0.3, 0.4) is 0 Å². The average molecular weight is 433 g/mol. The van der Waals surface area contributed by atoms with Crippen LogP contribution in [-0.4, -0.2) is 19.1 Å². The van der Waals surface area contributed by atoms with Gasteiger partial charge in [-0.25, -0.2) is 9.18 Å². The van der Waals surface area contributed by atoms with E-state index in [0.29, 0.717) is 23.5 Å². The molecule has 0 radical (unpaired) electrons. The SMILES string of the molecule is CC(C)n1c(=O)n(C)c2cc(/C(NCc3cnccn3)=C(/N)c3ccc(F)cc3)ccc21. The second kappa shape index (κ2) is 8.66. The highest BCUT2D eigenvalue weighted by Gasteiger charge is 2.16. The van der Waals surface area contributed by atoms with Crippen molar-refractivity contribution in [2.75, 3.05) is 0 Å². The molecular formula is C24H25FN6O. The molecule has 0 spiro atoms. The summed E-state index contributed by atoms with van der Waals surface area (Å²) in [6.45, 7) is 4.36. The molecule has 7 nitrogen and oxygen atoms in total. The quantitative estimate of drug-likeness (QED) is 0.456. The number of hydrogen-bond donors (Lipinski definition) is 2. The molecule has 2 aromatic heterocycles. The molecule has 32 heavy (non-hydrogen) atoms. The molecule has 0 aliphatic carbocycles. The summed E-state index contributed by atoms with van der Waals surface area (Å²) in [5.74, 6) is -0.331. The lowest BCUT2D eigenvalue weighted by molar-refractivity contribution is 0.583. The second-order valence-electron chi connectivity index (χ2n) is 7.85. The summed E-state index contributed by atoms with van der Waals surface area (Å²) in [6, 6.07) is 11.8. The van der Waals surface area contributed by atoms with Gasteiger partial charge in [0.25, 0.3) is 0 Å². The van der Waals surface area contributed by atoms with Crippen LogP contribution in [0.25, 0.3) is 22.4 Å². The number of aryl methyl sites for hydroxylation is 1. The van der Waals surface area contributed by atoms with E-state index in [1.165, 1.54) is 12.1 Å². The molecule has 0 unspecified atom stereocenters. The number of imidazole rings is 1. The van der Waals surface area contributed by atoms with E-state index in [-0.39, 0.29) is 17.5 Å². The Kier molecular flexibility index (Phi) is 5.77. The molecule has 164 valence electrons. The maximum atomic E-state index is 13.4. The predicted molar refractivity (Wildman–Crippen MR) is 124 cm³/mol. The minimum atomic E-state index is -0.331. The normalized spacial score (nSPS) is 12.3. The third kappa shape index (κ3) is 3.99. The van der Waals surface area contributed by atoms with E-state index in [1.807, 2.05) is 32.0 Å². The van der Waals surface area contributed by atoms with Crippen LogP contribution in [0.5, 0.6) is 0 Å². The van der Waals surface area contributed by atoms with Gasteiger partial charge in [0.1, 0.15) is 5.82 Å². The molecule has 0 saturated heterocycles. The molecule has 0 fully saturated rings. The first-order valence-corrected chi connectivity index (χ1v) is 10.3. The summed E-state index contributed by atoms with van der Waals surface area (Å²) in [5, 5.41) is 3.36. The zero-order valence-corrected chi connectivity index (χ0v) is 18.2. The van der Waals surface area contributed by atoms with Crippen molar-refractivity contribution in [2.45, 2.75) is 26.4 Å². The van der Waals surface area contributed by atoms with Gasteiger partial charge in [-0.05, 0) is 55.8 Å². The van der Waals surface area contributed by atoms with Crippen LogP contribution < -0.4 is 16.7 Å². The number of nitrogens with two attached hydrogens (primary N) is 1.